The van der Waals surface area contributed by atoms with Gasteiger partial charge in [0, 0.05) is 36.6 Å². The van der Waals surface area contributed by atoms with Crippen LogP contribution in [0.1, 0.15) is 22.7 Å². The van der Waals surface area contributed by atoms with Crippen molar-refractivity contribution in [2.75, 3.05) is 32.1 Å². The van der Waals surface area contributed by atoms with Gasteiger partial charge in [0.1, 0.15) is 5.15 Å². The number of carbonyl (C=O) groups excluding carboxylic acids is 1. The predicted octanol–water partition coefficient (Wildman–Crippen LogP) is 2.86. The molecule has 3 heterocycles. The van der Waals surface area contributed by atoms with Gasteiger partial charge in [-0.15, -0.1) is 0 Å². The Morgan fingerprint density at radius 1 is 1.27 bits per heavy atom. The van der Waals surface area contributed by atoms with Crippen LogP contribution in [-0.4, -0.2) is 59.2 Å². The molecule has 0 saturated carbocycles. The summed E-state index contributed by atoms with van der Waals surface area (Å²) < 4.78 is 5.27. The summed E-state index contributed by atoms with van der Waals surface area (Å²) in [6.45, 7) is 2.21. The van der Waals surface area contributed by atoms with Crippen molar-refractivity contribution in [3.05, 3.63) is 59.2 Å². The molecular weight excluding hydrogens is 404 g/mol. The molecule has 1 saturated heterocycles. The summed E-state index contributed by atoms with van der Waals surface area (Å²) in [5.41, 5.74) is 2.47. The molecule has 1 aromatic carbocycles. The number of hydrogen-bond acceptors (Lipinski definition) is 7. The number of pyridine rings is 1. The summed E-state index contributed by atoms with van der Waals surface area (Å²) >= 11 is 5.74. The third-order valence-electron chi connectivity index (χ3n) is 5.24. The van der Waals surface area contributed by atoms with Crippen LogP contribution in [0.25, 0.3) is 11.4 Å². The molecular formula is C21H23ClN6O2. The first-order chi connectivity index (χ1) is 14.5. The summed E-state index contributed by atoms with van der Waals surface area (Å²) in [6, 6.07) is 11.9. The van der Waals surface area contributed by atoms with E-state index in [9.17, 15) is 4.79 Å². The lowest BCUT2D eigenvalue weighted by molar-refractivity contribution is 0.0946. The highest BCUT2D eigenvalue weighted by molar-refractivity contribution is 6.29. The third-order valence-corrected chi connectivity index (χ3v) is 5.47. The lowest BCUT2D eigenvalue weighted by atomic mass is 10.2. The summed E-state index contributed by atoms with van der Waals surface area (Å²) in [5, 5.41) is 7.09. The first-order valence-corrected chi connectivity index (χ1v) is 10.1. The van der Waals surface area contributed by atoms with E-state index in [4.69, 9.17) is 16.1 Å². The molecule has 1 N–H and O–H groups in total. The number of likely N-dealkylation sites (N-methyl/N-ethyl adjacent to an activating group) is 1. The molecule has 2 aromatic heterocycles. The van der Waals surface area contributed by atoms with E-state index in [1.807, 2.05) is 12.1 Å². The Bertz CT molecular complexity index is 1000. The molecule has 1 aliphatic rings. The minimum Gasteiger partial charge on any atom is -0.370 e. The molecule has 1 unspecified atom stereocenters. The molecule has 0 spiro atoms. The van der Waals surface area contributed by atoms with Gasteiger partial charge in [0.05, 0.1) is 12.1 Å². The lowest BCUT2D eigenvalue weighted by Gasteiger charge is -2.21. The maximum absolute atomic E-state index is 12.1. The van der Waals surface area contributed by atoms with E-state index in [-0.39, 0.29) is 12.5 Å². The molecule has 1 fully saturated rings. The fraction of sp³-hybridized carbons (Fsp3) is 0.333. The second-order valence-corrected chi connectivity index (χ2v) is 7.85. The van der Waals surface area contributed by atoms with Crippen LogP contribution in [0.15, 0.2) is 47.1 Å². The van der Waals surface area contributed by atoms with Crippen LogP contribution in [0, 0.1) is 0 Å². The van der Waals surface area contributed by atoms with E-state index in [1.54, 1.807) is 12.1 Å². The topological polar surface area (TPSA) is 87.4 Å². The van der Waals surface area contributed by atoms with Gasteiger partial charge in [0.2, 0.25) is 11.7 Å². The van der Waals surface area contributed by atoms with Gasteiger partial charge in [0.25, 0.3) is 5.91 Å². The standard InChI is InChI=1S/C21H23ClN6O2/c1-27(2)17-9-10-28(13-17)16-6-3-14(4-7-16)20-25-19(30-26-20)12-24-21(29)15-5-8-18(22)23-11-15/h3-8,11,17H,9-10,12-13H2,1-2H3,(H,24,29). The average molecular weight is 427 g/mol. The van der Waals surface area contributed by atoms with Crippen molar-refractivity contribution in [3.8, 4) is 11.4 Å². The quantitative estimate of drug-likeness (QED) is 0.606. The van der Waals surface area contributed by atoms with Crippen molar-refractivity contribution in [2.24, 2.45) is 0 Å². The van der Waals surface area contributed by atoms with Crippen molar-refractivity contribution in [1.29, 1.82) is 0 Å². The maximum Gasteiger partial charge on any atom is 0.253 e. The van der Waals surface area contributed by atoms with Crippen LogP contribution in [-0.2, 0) is 6.54 Å². The van der Waals surface area contributed by atoms with Crippen molar-refractivity contribution >= 4 is 23.2 Å². The molecule has 1 atom stereocenters. The van der Waals surface area contributed by atoms with Crippen molar-refractivity contribution in [1.82, 2.24) is 25.3 Å². The zero-order valence-corrected chi connectivity index (χ0v) is 17.6. The van der Waals surface area contributed by atoms with Crippen molar-refractivity contribution in [3.63, 3.8) is 0 Å². The number of nitrogens with zero attached hydrogens (tertiary/aromatic N) is 5. The van der Waals surface area contributed by atoms with Crippen LogP contribution < -0.4 is 10.2 Å². The fourth-order valence-corrected chi connectivity index (χ4v) is 3.54. The molecule has 8 nitrogen and oxygen atoms in total. The van der Waals surface area contributed by atoms with E-state index in [2.05, 4.69) is 56.5 Å². The van der Waals surface area contributed by atoms with Crippen molar-refractivity contribution in [2.45, 2.75) is 19.0 Å². The number of anilines is 1. The molecule has 3 aromatic rings. The molecule has 0 radical (unpaired) electrons. The van der Waals surface area contributed by atoms with Crippen LogP contribution in [0.3, 0.4) is 0 Å². The zero-order chi connectivity index (χ0) is 21.1. The fourth-order valence-electron chi connectivity index (χ4n) is 3.43. The highest BCUT2D eigenvalue weighted by Crippen LogP contribution is 2.25. The van der Waals surface area contributed by atoms with Gasteiger partial charge >= 0.3 is 0 Å². The molecule has 1 amide bonds. The summed E-state index contributed by atoms with van der Waals surface area (Å²) in [4.78, 5) is 25.1. The van der Waals surface area contributed by atoms with Gasteiger partial charge in [-0.3, -0.25) is 4.79 Å². The van der Waals surface area contributed by atoms with Crippen LogP contribution in [0.5, 0.6) is 0 Å². The Morgan fingerprint density at radius 2 is 2.07 bits per heavy atom. The van der Waals surface area contributed by atoms with Gasteiger partial charge in [-0.2, -0.15) is 4.98 Å². The molecule has 9 heteroatoms. The maximum atomic E-state index is 12.1. The Labute approximate surface area is 179 Å². The number of halogens is 1. The van der Waals surface area contributed by atoms with E-state index < -0.39 is 0 Å². The number of carbonyl (C=O) groups is 1. The SMILES string of the molecule is CN(C)C1CCN(c2ccc(-c3noc(CNC(=O)c4ccc(Cl)nc4)n3)cc2)C1. The summed E-state index contributed by atoms with van der Waals surface area (Å²) in [7, 11) is 4.25. The minimum absolute atomic E-state index is 0.131. The van der Waals surface area contributed by atoms with E-state index >= 15 is 0 Å². The van der Waals surface area contributed by atoms with Crippen molar-refractivity contribution < 1.29 is 9.32 Å². The third kappa shape index (κ3) is 4.60. The number of nitrogens with one attached hydrogen (secondary N) is 1. The second kappa shape index (κ2) is 8.81. The lowest BCUT2D eigenvalue weighted by Crippen LogP contribution is -2.31. The van der Waals surface area contributed by atoms with Crippen LogP contribution >= 0.6 is 11.6 Å². The monoisotopic (exact) mass is 426 g/mol. The van der Waals surface area contributed by atoms with Crippen LogP contribution in [0.4, 0.5) is 5.69 Å². The number of hydrogen-bond donors (Lipinski definition) is 1. The number of rotatable bonds is 6. The van der Waals surface area contributed by atoms with E-state index in [0.29, 0.717) is 28.5 Å². The van der Waals surface area contributed by atoms with E-state index in [1.165, 1.54) is 18.3 Å². The normalized spacial score (nSPS) is 16.3. The van der Waals surface area contributed by atoms with E-state index in [0.717, 1.165) is 18.7 Å². The van der Waals surface area contributed by atoms with Gasteiger partial charge < -0.3 is 19.6 Å². The first-order valence-electron chi connectivity index (χ1n) is 9.74. The molecule has 1 aliphatic heterocycles. The predicted molar refractivity (Wildman–Crippen MR) is 114 cm³/mol. The second-order valence-electron chi connectivity index (χ2n) is 7.46. The summed E-state index contributed by atoms with van der Waals surface area (Å²) in [6.07, 6.45) is 2.58. The molecule has 4 rings (SSSR count). The molecule has 0 aliphatic carbocycles. The minimum atomic E-state index is -0.287. The van der Waals surface area contributed by atoms with Gasteiger partial charge in [-0.25, -0.2) is 4.98 Å². The highest BCUT2D eigenvalue weighted by Gasteiger charge is 2.24. The first kappa shape index (κ1) is 20.3. The number of aromatic nitrogens is 3. The number of benzene rings is 1. The average Bonchev–Trinajstić information content (AvgIpc) is 3.43. The Kier molecular flexibility index (Phi) is 5.96. The summed E-state index contributed by atoms with van der Waals surface area (Å²) in [5.74, 6) is 0.536. The van der Waals surface area contributed by atoms with Gasteiger partial charge in [-0.1, -0.05) is 16.8 Å². The zero-order valence-electron chi connectivity index (χ0n) is 16.9. The molecule has 30 heavy (non-hydrogen) atoms. The smallest absolute Gasteiger partial charge is 0.253 e. The van der Waals surface area contributed by atoms with Gasteiger partial charge in [0.15, 0.2) is 0 Å². The van der Waals surface area contributed by atoms with Gasteiger partial charge in [-0.05, 0) is 56.9 Å². The highest BCUT2D eigenvalue weighted by atomic mass is 35.5. The molecule has 156 valence electrons. The Balaban J connectivity index is 1.35. The number of amides is 1. The Morgan fingerprint density at radius 3 is 2.73 bits per heavy atom. The largest absolute Gasteiger partial charge is 0.370 e. The molecule has 0 bridgehead atoms. The Hall–Kier alpha value is -2.97. The van der Waals surface area contributed by atoms with Crippen LogP contribution in [0.2, 0.25) is 5.15 Å².